The van der Waals surface area contributed by atoms with Gasteiger partial charge in [0, 0.05) is 0 Å². The summed E-state index contributed by atoms with van der Waals surface area (Å²) in [6.45, 7) is 2.27. The lowest BCUT2D eigenvalue weighted by molar-refractivity contribution is 0.0599. The van der Waals surface area contributed by atoms with E-state index in [1.54, 1.807) is 6.42 Å². The maximum absolute atomic E-state index is 5.87. The fourth-order valence-corrected chi connectivity index (χ4v) is 7.18. The van der Waals surface area contributed by atoms with E-state index in [1.165, 1.54) is 19.3 Å². The fraction of sp³-hybridized carbons (Fsp3) is 1.00. The molecule has 18 heavy (non-hydrogen) atoms. The molecule has 2 heteroatoms. The van der Waals surface area contributed by atoms with Crippen molar-refractivity contribution in [3.8, 4) is 0 Å². The van der Waals surface area contributed by atoms with Crippen LogP contribution in [-0.4, -0.2) is 24.4 Å². The first-order valence-electron chi connectivity index (χ1n) is 8.14. The van der Waals surface area contributed by atoms with Gasteiger partial charge in [0.05, 0.1) is 24.4 Å². The third-order valence-electron chi connectivity index (χ3n) is 7.63. The summed E-state index contributed by atoms with van der Waals surface area (Å²) in [6.07, 6.45) is 8.54. The van der Waals surface area contributed by atoms with Crippen LogP contribution in [0, 0.1) is 41.4 Å². The van der Waals surface area contributed by atoms with Crippen molar-refractivity contribution in [3.05, 3.63) is 0 Å². The number of rotatable bonds is 1. The lowest BCUT2D eigenvalue weighted by atomic mass is 9.68. The Balaban J connectivity index is 1.36. The van der Waals surface area contributed by atoms with E-state index in [-0.39, 0.29) is 0 Å². The minimum atomic E-state index is 0.567. The van der Waals surface area contributed by atoms with Crippen molar-refractivity contribution in [2.45, 2.75) is 57.0 Å². The minimum Gasteiger partial charge on any atom is -0.370 e. The lowest BCUT2D eigenvalue weighted by Gasteiger charge is -2.37. The molecule has 6 fully saturated rings. The molecule has 0 aromatic heterocycles. The second-order valence-electron chi connectivity index (χ2n) is 7.97. The van der Waals surface area contributed by atoms with Gasteiger partial charge in [-0.15, -0.1) is 0 Å². The Morgan fingerprint density at radius 3 is 2.39 bits per heavy atom. The first kappa shape index (κ1) is 9.77. The summed E-state index contributed by atoms with van der Waals surface area (Å²) < 4.78 is 11.7. The number of epoxide rings is 2. The monoisotopic (exact) mass is 246 g/mol. The Kier molecular flexibility index (Phi) is 1.54. The van der Waals surface area contributed by atoms with E-state index in [0.29, 0.717) is 24.4 Å². The van der Waals surface area contributed by atoms with Crippen molar-refractivity contribution in [1.29, 1.82) is 0 Å². The molecule has 0 aromatic rings. The van der Waals surface area contributed by atoms with Crippen LogP contribution in [-0.2, 0) is 9.47 Å². The highest BCUT2D eigenvalue weighted by molar-refractivity contribution is 5.19. The zero-order chi connectivity index (χ0) is 11.6. The second kappa shape index (κ2) is 2.83. The molecule has 98 valence electrons. The second-order valence-corrected chi connectivity index (χ2v) is 7.97. The molecule has 0 N–H and O–H groups in total. The molecule has 0 amide bonds. The maximum Gasteiger partial charge on any atom is 0.0875 e. The Morgan fingerprint density at radius 1 is 0.722 bits per heavy atom. The lowest BCUT2D eigenvalue weighted by Crippen LogP contribution is -2.36. The van der Waals surface area contributed by atoms with Crippen LogP contribution in [0.1, 0.15) is 32.6 Å². The zero-order valence-electron chi connectivity index (χ0n) is 11.0. The molecule has 0 aromatic carbocycles. The Morgan fingerprint density at radius 2 is 1.56 bits per heavy atom. The summed E-state index contributed by atoms with van der Waals surface area (Å²) >= 11 is 0. The van der Waals surface area contributed by atoms with Crippen molar-refractivity contribution in [2.75, 3.05) is 0 Å². The number of hydrogen-bond donors (Lipinski definition) is 0. The SMILES string of the molecule is CC1OC1C1CCC2C3CC(C21)C1C3CC2OC21. The van der Waals surface area contributed by atoms with Crippen LogP contribution in [0.15, 0.2) is 0 Å². The van der Waals surface area contributed by atoms with Gasteiger partial charge in [0.1, 0.15) is 0 Å². The van der Waals surface area contributed by atoms with Gasteiger partial charge >= 0.3 is 0 Å². The molecule has 2 saturated heterocycles. The van der Waals surface area contributed by atoms with Gasteiger partial charge < -0.3 is 9.47 Å². The molecular weight excluding hydrogens is 224 g/mol. The number of hydrogen-bond acceptors (Lipinski definition) is 2. The van der Waals surface area contributed by atoms with Crippen molar-refractivity contribution in [1.82, 2.24) is 0 Å². The van der Waals surface area contributed by atoms with Crippen molar-refractivity contribution < 1.29 is 9.47 Å². The highest BCUT2D eigenvalue weighted by Crippen LogP contribution is 2.72. The minimum absolute atomic E-state index is 0.567. The van der Waals surface area contributed by atoms with Crippen LogP contribution in [0.2, 0.25) is 0 Å². The predicted octanol–water partition coefficient (Wildman–Crippen LogP) is 2.47. The Bertz CT molecular complexity index is 421. The third kappa shape index (κ3) is 0.955. The molecule has 2 nitrogen and oxygen atoms in total. The van der Waals surface area contributed by atoms with Crippen LogP contribution >= 0.6 is 0 Å². The standard InChI is InChI=1S/C16H22O2/c1-6-15(17-6)8-3-2-7-9-4-11(13(7)8)14-10(9)5-12-16(14)18-12/h6-16H,2-5H2,1H3. The van der Waals surface area contributed by atoms with E-state index in [4.69, 9.17) is 9.47 Å². The smallest absolute Gasteiger partial charge is 0.0875 e. The molecule has 2 aliphatic heterocycles. The maximum atomic E-state index is 5.87. The third-order valence-corrected chi connectivity index (χ3v) is 7.63. The summed E-state index contributed by atoms with van der Waals surface area (Å²) in [6, 6.07) is 0. The molecule has 6 aliphatic rings. The summed E-state index contributed by atoms with van der Waals surface area (Å²) in [5.74, 6) is 7.15. The molecule has 0 spiro atoms. The molecule has 2 bridgehead atoms. The van der Waals surface area contributed by atoms with Crippen molar-refractivity contribution >= 4 is 0 Å². The molecule has 0 radical (unpaired) electrons. The van der Waals surface area contributed by atoms with Gasteiger partial charge in [0.2, 0.25) is 0 Å². The quantitative estimate of drug-likeness (QED) is 0.664. The van der Waals surface area contributed by atoms with Crippen LogP contribution < -0.4 is 0 Å². The summed E-state index contributed by atoms with van der Waals surface area (Å²) in [5, 5.41) is 0. The van der Waals surface area contributed by atoms with Gasteiger partial charge in [-0.25, -0.2) is 0 Å². The van der Waals surface area contributed by atoms with E-state index in [2.05, 4.69) is 6.92 Å². The van der Waals surface area contributed by atoms with Gasteiger partial charge in [-0.3, -0.25) is 0 Å². The average Bonchev–Trinajstić information content (AvgIpc) is 3.05. The van der Waals surface area contributed by atoms with E-state index in [1.807, 2.05) is 0 Å². The van der Waals surface area contributed by atoms with Gasteiger partial charge in [-0.05, 0) is 74.0 Å². The summed E-state index contributed by atoms with van der Waals surface area (Å²) in [7, 11) is 0. The van der Waals surface area contributed by atoms with Gasteiger partial charge in [0.25, 0.3) is 0 Å². The van der Waals surface area contributed by atoms with Crippen LogP contribution in [0.3, 0.4) is 0 Å². The molecule has 4 aliphatic carbocycles. The molecule has 4 saturated carbocycles. The molecular formula is C16H22O2. The zero-order valence-corrected chi connectivity index (χ0v) is 11.0. The van der Waals surface area contributed by atoms with E-state index in [0.717, 1.165) is 41.4 Å². The Labute approximate surface area is 108 Å². The average molecular weight is 246 g/mol. The molecule has 2 heterocycles. The first-order valence-corrected chi connectivity index (χ1v) is 8.14. The van der Waals surface area contributed by atoms with Crippen LogP contribution in [0.5, 0.6) is 0 Å². The van der Waals surface area contributed by atoms with Gasteiger partial charge in [-0.2, -0.15) is 0 Å². The number of ether oxygens (including phenoxy) is 2. The van der Waals surface area contributed by atoms with E-state index >= 15 is 0 Å². The highest BCUT2D eigenvalue weighted by atomic mass is 16.6. The summed E-state index contributed by atoms with van der Waals surface area (Å²) in [4.78, 5) is 0. The van der Waals surface area contributed by atoms with Crippen molar-refractivity contribution in [2.24, 2.45) is 41.4 Å². The first-order chi connectivity index (χ1) is 8.83. The number of fused-ring (bicyclic) bond motifs is 10. The molecule has 11 atom stereocenters. The largest absolute Gasteiger partial charge is 0.370 e. The molecule has 6 rings (SSSR count). The van der Waals surface area contributed by atoms with Crippen LogP contribution in [0.4, 0.5) is 0 Å². The van der Waals surface area contributed by atoms with Gasteiger partial charge in [-0.1, -0.05) is 0 Å². The van der Waals surface area contributed by atoms with Crippen LogP contribution in [0.25, 0.3) is 0 Å². The van der Waals surface area contributed by atoms with Crippen molar-refractivity contribution in [3.63, 3.8) is 0 Å². The Hall–Kier alpha value is -0.0800. The fourth-order valence-electron chi connectivity index (χ4n) is 7.18. The highest BCUT2D eigenvalue weighted by Gasteiger charge is 2.71. The molecule has 11 unspecified atom stereocenters. The normalized spacial score (nSPS) is 74.2. The predicted molar refractivity (Wildman–Crippen MR) is 65.9 cm³/mol. The van der Waals surface area contributed by atoms with E-state index in [9.17, 15) is 0 Å². The van der Waals surface area contributed by atoms with Gasteiger partial charge in [0.15, 0.2) is 0 Å². The summed E-state index contributed by atoms with van der Waals surface area (Å²) in [5.41, 5.74) is 0. The van der Waals surface area contributed by atoms with E-state index < -0.39 is 0 Å². The topological polar surface area (TPSA) is 25.1 Å².